The van der Waals surface area contributed by atoms with E-state index in [1.54, 1.807) is 25.3 Å². The van der Waals surface area contributed by atoms with Gasteiger partial charge < -0.3 is 24.4 Å². The lowest BCUT2D eigenvalue weighted by Crippen LogP contribution is -2.36. The lowest BCUT2D eigenvalue weighted by molar-refractivity contribution is -0.121. The summed E-state index contributed by atoms with van der Waals surface area (Å²) in [4.78, 5) is 29.1. The van der Waals surface area contributed by atoms with Crippen LogP contribution in [0.4, 0.5) is 17.1 Å². The van der Waals surface area contributed by atoms with Gasteiger partial charge >= 0.3 is 0 Å². The molecule has 0 spiro atoms. The minimum absolute atomic E-state index is 0.0826. The smallest absolute Gasteiger partial charge is 0.256 e. The average Bonchev–Trinajstić information content (AvgIpc) is 3.07. The summed E-state index contributed by atoms with van der Waals surface area (Å²) in [5, 5.41) is 3.19. The van der Waals surface area contributed by atoms with Crippen LogP contribution in [0.1, 0.15) is 6.42 Å². The van der Waals surface area contributed by atoms with Crippen molar-refractivity contribution in [2.75, 3.05) is 55.6 Å². The summed E-state index contributed by atoms with van der Waals surface area (Å²) < 4.78 is 15.9. The van der Waals surface area contributed by atoms with Crippen molar-refractivity contribution in [2.45, 2.75) is 12.5 Å². The number of morpholine rings is 1. The monoisotopic (exact) mass is 411 g/mol. The molecule has 2 amide bonds. The van der Waals surface area contributed by atoms with E-state index >= 15 is 0 Å². The van der Waals surface area contributed by atoms with Crippen molar-refractivity contribution in [3.63, 3.8) is 0 Å². The van der Waals surface area contributed by atoms with E-state index < -0.39 is 6.04 Å². The first-order valence-corrected chi connectivity index (χ1v) is 9.89. The van der Waals surface area contributed by atoms with Crippen LogP contribution in [0.15, 0.2) is 42.5 Å². The van der Waals surface area contributed by atoms with Gasteiger partial charge in [-0.1, -0.05) is 0 Å². The lowest BCUT2D eigenvalue weighted by atomic mass is 10.2. The predicted molar refractivity (Wildman–Crippen MR) is 114 cm³/mol. The summed E-state index contributed by atoms with van der Waals surface area (Å²) in [5.74, 6) is 0.419. The molecule has 158 valence electrons. The van der Waals surface area contributed by atoms with Gasteiger partial charge in [0.2, 0.25) is 5.91 Å². The predicted octanol–water partition coefficient (Wildman–Crippen LogP) is 2.28. The number of hydrogen-bond donors (Lipinski definition) is 1. The first-order chi connectivity index (χ1) is 14.6. The Balaban J connectivity index is 1.48. The fourth-order valence-electron chi connectivity index (χ4n) is 3.76. The van der Waals surface area contributed by atoms with Crippen molar-refractivity contribution in [2.24, 2.45) is 0 Å². The van der Waals surface area contributed by atoms with Crippen molar-refractivity contribution >= 4 is 28.9 Å². The highest BCUT2D eigenvalue weighted by Gasteiger charge is 2.40. The van der Waals surface area contributed by atoms with E-state index in [0.717, 1.165) is 37.7 Å². The molecule has 2 heterocycles. The number of nitrogens with one attached hydrogen (secondary N) is 1. The number of ether oxygens (including phenoxy) is 3. The van der Waals surface area contributed by atoms with Crippen molar-refractivity contribution in [1.29, 1.82) is 0 Å². The largest absolute Gasteiger partial charge is 0.497 e. The number of methoxy groups -OCH3 is 2. The highest BCUT2D eigenvalue weighted by Crippen LogP contribution is 2.35. The molecule has 2 aliphatic heterocycles. The van der Waals surface area contributed by atoms with E-state index in [0.29, 0.717) is 17.2 Å². The molecule has 2 aliphatic rings. The van der Waals surface area contributed by atoms with Crippen LogP contribution in [0.5, 0.6) is 11.5 Å². The molecule has 4 rings (SSSR count). The van der Waals surface area contributed by atoms with Gasteiger partial charge in [0.05, 0.1) is 39.5 Å². The zero-order valence-electron chi connectivity index (χ0n) is 17.1. The van der Waals surface area contributed by atoms with Crippen molar-refractivity contribution in [1.82, 2.24) is 0 Å². The summed E-state index contributed by atoms with van der Waals surface area (Å²) in [5.41, 5.74) is 2.32. The molecule has 2 saturated heterocycles. The van der Waals surface area contributed by atoms with Gasteiger partial charge in [-0.15, -0.1) is 0 Å². The van der Waals surface area contributed by atoms with Gasteiger partial charge in [-0.2, -0.15) is 0 Å². The molecule has 0 radical (unpaired) electrons. The molecule has 0 bridgehead atoms. The molecular formula is C22H25N3O5. The fraction of sp³-hybridized carbons (Fsp3) is 0.364. The number of carbonyl (C=O) groups excluding carboxylic acids is 2. The Morgan fingerprint density at radius 2 is 1.73 bits per heavy atom. The third kappa shape index (κ3) is 3.91. The SMILES string of the molecule is COc1ccc(N2C(=O)C[C@H](Nc3ccc(N4CCOCC4)cc3)C2=O)c(OC)c1. The quantitative estimate of drug-likeness (QED) is 0.731. The summed E-state index contributed by atoms with van der Waals surface area (Å²) in [6, 6.07) is 12.3. The number of rotatable bonds is 6. The Morgan fingerprint density at radius 3 is 2.40 bits per heavy atom. The number of hydrogen-bond acceptors (Lipinski definition) is 7. The molecule has 2 aromatic carbocycles. The first-order valence-electron chi connectivity index (χ1n) is 9.89. The molecule has 0 saturated carbocycles. The summed E-state index contributed by atoms with van der Waals surface area (Å²) in [7, 11) is 3.04. The average molecular weight is 411 g/mol. The summed E-state index contributed by atoms with van der Waals surface area (Å²) >= 11 is 0. The number of benzene rings is 2. The van der Waals surface area contributed by atoms with Gasteiger partial charge in [0.15, 0.2) is 0 Å². The zero-order chi connectivity index (χ0) is 21.1. The maximum absolute atomic E-state index is 13.0. The third-order valence-corrected chi connectivity index (χ3v) is 5.36. The van der Waals surface area contributed by atoms with Crippen LogP contribution in [0.25, 0.3) is 0 Å². The van der Waals surface area contributed by atoms with Crippen LogP contribution in [0.3, 0.4) is 0 Å². The number of amides is 2. The Morgan fingerprint density at radius 1 is 1.00 bits per heavy atom. The van der Waals surface area contributed by atoms with Crippen LogP contribution < -0.4 is 24.6 Å². The van der Waals surface area contributed by atoms with Gasteiger partial charge in [0.1, 0.15) is 17.5 Å². The van der Waals surface area contributed by atoms with Crippen molar-refractivity contribution in [3.8, 4) is 11.5 Å². The Labute approximate surface area is 175 Å². The van der Waals surface area contributed by atoms with Gasteiger partial charge in [-0.25, -0.2) is 4.90 Å². The second-order valence-electron chi connectivity index (χ2n) is 7.15. The van der Waals surface area contributed by atoms with E-state index in [-0.39, 0.29) is 18.2 Å². The highest BCUT2D eigenvalue weighted by atomic mass is 16.5. The topological polar surface area (TPSA) is 80.3 Å². The van der Waals surface area contributed by atoms with Crippen LogP contribution in [0, 0.1) is 0 Å². The fourth-order valence-corrected chi connectivity index (χ4v) is 3.76. The number of imide groups is 1. The number of nitrogens with zero attached hydrogens (tertiary/aromatic N) is 2. The first kappa shape index (κ1) is 20.0. The Kier molecular flexibility index (Phi) is 5.76. The summed E-state index contributed by atoms with van der Waals surface area (Å²) in [6.45, 7) is 3.18. The normalized spacial score (nSPS) is 19.2. The van der Waals surface area contributed by atoms with Crippen LogP contribution in [0.2, 0.25) is 0 Å². The molecule has 0 aromatic heterocycles. The lowest BCUT2D eigenvalue weighted by Gasteiger charge is -2.29. The van der Waals surface area contributed by atoms with Crippen LogP contribution in [-0.2, 0) is 14.3 Å². The van der Waals surface area contributed by atoms with E-state index in [2.05, 4.69) is 10.2 Å². The number of carbonyl (C=O) groups is 2. The van der Waals surface area contributed by atoms with Gasteiger partial charge in [0, 0.05) is 30.5 Å². The van der Waals surface area contributed by atoms with Gasteiger partial charge in [-0.05, 0) is 36.4 Å². The maximum Gasteiger partial charge on any atom is 0.256 e. The number of anilines is 3. The van der Waals surface area contributed by atoms with Crippen molar-refractivity contribution in [3.05, 3.63) is 42.5 Å². The Hall–Kier alpha value is -3.26. The van der Waals surface area contributed by atoms with E-state index in [4.69, 9.17) is 14.2 Å². The molecular weight excluding hydrogens is 386 g/mol. The minimum Gasteiger partial charge on any atom is -0.497 e. The van der Waals surface area contributed by atoms with Crippen LogP contribution >= 0.6 is 0 Å². The molecule has 0 unspecified atom stereocenters. The molecule has 1 N–H and O–H groups in total. The third-order valence-electron chi connectivity index (χ3n) is 5.36. The Bertz CT molecular complexity index is 925. The molecule has 1 atom stereocenters. The molecule has 8 heteroatoms. The van der Waals surface area contributed by atoms with Crippen LogP contribution in [-0.4, -0.2) is 58.4 Å². The highest BCUT2D eigenvalue weighted by molar-refractivity contribution is 6.23. The van der Waals surface area contributed by atoms with Gasteiger partial charge in [-0.3, -0.25) is 9.59 Å². The molecule has 8 nitrogen and oxygen atoms in total. The summed E-state index contributed by atoms with van der Waals surface area (Å²) in [6.07, 6.45) is 0.0826. The zero-order valence-corrected chi connectivity index (χ0v) is 17.1. The van der Waals surface area contributed by atoms with Crippen molar-refractivity contribution < 1.29 is 23.8 Å². The molecule has 2 fully saturated rings. The minimum atomic E-state index is -0.626. The molecule has 0 aliphatic carbocycles. The molecule has 2 aromatic rings. The second kappa shape index (κ2) is 8.62. The maximum atomic E-state index is 13.0. The van der Waals surface area contributed by atoms with E-state index in [9.17, 15) is 9.59 Å². The van der Waals surface area contributed by atoms with E-state index in [1.807, 2.05) is 24.3 Å². The molecule has 30 heavy (non-hydrogen) atoms. The van der Waals surface area contributed by atoms with Gasteiger partial charge in [0.25, 0.3) is 5.91 Å². The standard InChI is InChI=1S/C22H25N3O5/c1-28-17-7-8-19(20(13-17)29-2)25-21(26)14-18(22(25)27)23-15-3-5-16(6-4-15)24-9-11-30-12-10-24/h3-8,13,18,23H,9-12,14H2,1-2H3/t18-/m0/s1. The van der Waals surface area contributed by atoms with E-state index in [1.165, 1.54) is 12.0 Å². The second-order valence-corrected chi connectivity index (χ2v) is 7.15.